The van der Waals surface area contributed by atoms with Gasteiger partial charge in [0.25, 0.3) is 0 Å². The predicted octanol–water partition coefficient (Wildman–Crippen LogP) is 5.56. The minimum absolute atomic E-state index is 0.0224. The second kappa shape index (κ2) is 9.12. The molecule has 2 aromatic rings. The summed E-state index contributed by atoms with van der Waals surface area (Å²) in [5, 5.41) is 10.1. The number of ether oxygens (including phenoxy) is 2. The van der Waals surface area contributed by atoms with Crippen LogP contribution in [0.2, 0.25) is 20.1 Å². The number of esters is 2. The van der Waals surface area contributed by atoms with Gasteiger partial charge in [0.1, 0.15) is 6.07 Å². The molecule has 138 valence electrons. The SMILES string of the molecule is COC(=O)C(C#N)=C(OC(=O)c1ccc(Cl)cc1Cl)c1ccc(Cl)cc1Cl. The zero-order valence-corrected chi connectivity index (χ0v) is 16.6. The molecule has 0 heterocycles. The van der Waals surface area contributed by atoms with E-state index in [1.807, 2.05) is 0 Å². The Labute approximate surface area is 174 Å². The molecule has 0 unspecified atom stereocenters. The number of methoxy groups -OCH3 is 1. The minimum Gasteiger partial charge on any atom is -0.465 e. The van der Waals surface area contributed by atoms with E-state index in [-0.39, 0.29) is 26.9 Å². The fourth-order valence-electron chi connectivity index (χ4n) is 2.01. The molecular formula is C18H9Cl4NO4. The highest BCUT2D eigenvalue weighted by Crippen LogP contribution is 2.32. The Morgan fingerprint density at radius 1 is 0.926 bits per heavy atom. The van der Waals surface area contributed by atoms with Crippen LogP contribution in [0.3, 0.4) is 0 Å². The van der Waals surface area contributed by atoms with Gasteiger partial charge in [-0.3, -0.25) is 0 Å². The van der Waals surface area contributed by atoms with Crippen LogP contribution in [0.1, 0.15) is 15.9 Å². The maximum atomic E-state index is 12.6. The number of nitrogens with zero attached hydrogens (tertiary/aromatic N) is 1. The molecule has 0 aliphatic carbocycles. The van der Waals surface area contributed by atoms with E-state index >= 15 is 0 Å². The third kappa shape index (κ3) is 4.94. The smallest absolute Gasteiger partial charge is 0.352 e. The van der Waals surface area contributed by atoms with Gasteiger partial charge in [-0.05, 0) is 36.4 Å². The van der Waals surface area contributed by atoms with E-state index in [9.17, 15) is 14.9 Å². The van der Waals surface area contributed by atoms with Gasteiger partial charge in [0.2, 0.25) is 0 Å². The van der Waals surface area contributed by atoms with E-state index < -0.39 is 17.5 Å². The first-order valence-corrected chi connectivity index (χ1v) is 8.65. The molecule has 0 radical (unpaired) electrons. The third-order valence-electron chi connectivity index (χ3n) is 3.25. The summed E-state index contributed by atoms with van der Waals surface area (Å²) in [4.78, 5) is 24.5. The molecule has 9 heteroatoms. The van der Waals surface area contributed by atoms with Crippen molar-refractivity contribution in [3.05, 3.63) is 73.2 Å². The zero-order valence-electron chi connectivity index (χ0n) is 13.6. The summed E-state index contributed by atoms with van der Waals surface area (Å²) in [5.41, 5.74) is -0.479. The van der Waals surface area contributed by atoms with Crippen LogP contribution in [0.15, 0.2) is 42.0 Å². The largest absolute Gasteiger partial charge is 0.465 e. The summed E-state index contributed by atoms with van der Waals surface area (Å²) >= 11 is 23.8. The van der Waals surface area contributed by atoms with Crippen molar-refractivity contribution in [3.63, 3.8) is 0 Å². The normalized spacial score (nSPS) is 11.3. The van der Waals surface area contributed by atoms with Crippen molar-refractivity contribution < 1.29 is 19.1 Å². The van der Waals surface area contributed by atoms with E-state index in [4.69, 9.17) is 51.1 Å². The summed E-state index contributed by atoms with van der Waals surface area (Å²) in [7, 11) is 1.08. The summed E-state index contributed by atoms with van der Waals surface area (Å²) in [6.45, 7) is 0. The van der Waals surface area contributed by atoms with Crippen molar-refractivity contribution in [1.29, 1.82) is 5.26 Å². The van der Waals surface area contributed by atoms with Gasteiger partial charge in [-0.2, -0.15) is 5.26 Å². The molecule has 0 bridgehead atoms. The molecule has 0 aliphatic heterocycles. The Balaban J connectivity index is 2.60. The van der Waals surface area contributed by atoms with Gasteiger partial charge in [0.15, 0.2) is 11.3 Å². The fraction of sp³-hybridized carbons (Fsp3) is 0.0556. The molecular weight excluding hydrogens is 436 g/mol. The van der Waals surface area contributed by atoms with Crippen molar-refractivity contribution >= 4 is 64.1 Å². The van der Waals surface area contributed by atoms with Gasteiger partial charge in [-0.1, -0.05) is 46.4 Å². The number of halogens is 4. The number of benzene rings is 2. The van der Waals surface area contributed by atoms with Crippen LogP contribution in [-0.2, 0) is 14.3 Å². The Morgan fingerprint density at radius 2 is 1.44 bits per heavy atom. The first-order chi connectivity index (χ1) is 12.8. The Kier molecular flexibility index (Phi) is 7.11. The quantitative estimate of drug-likeness (QED) is 0.267. The lowest BCUT2D eigenvalue weighted by Gasteiger charge is -2.13. The number of hydrogen-bond acceptors (Lipinski definition) is 5. The summed E-state index contributed by atoms with van der Waals surface area (Å²) in [6, 6.07) is 10.0. The zero-order chi connectivity index (χ0) is 20.1. The van der Waals surface area contributed by atoms with Crippen LogP contribution in [-0.4, -0.2) is 19.0 Å². The van der Waals surface area contributed by atoms with Crippen LogP contribution < -0.4 is 0 Å². The van der Waals surface area contributed by atoms with Gasteiger partial charge >= 0.3 is 11.9 Å². The minimum atomic E-state index is -1.01. The van der Waals surface area contributed by atoms with Crippen molar-refractivity contribution in [2.75, 3.05) is 7.11 Å². The van der Waals surface area contributed by atoms with E-state index in [1.54, 1.807) is 6.07 Å². The molecule has 0 saturated heterocycles. The monoisotopic (exact) mass is 443 g/mol. The lowest BCUT2D eigenvalue weighted by Crippen LogP contribution is -2.12. The van der Waals surface area contributed by atoms with Gasteiger partial charge in [0.05, 0.1) is 22.7 Å². The molecule has 0 fully saturated rings. The van der Waals surface area contributed by atoms with Crippen LogP contribution in [0.5, 0.6) is 0 Å². The number of nitriles is 1. The highest BCUT2D eigenvalue weighted by Gasteiger charge is 2.25. The standard InChI is InChI=1S/C18H9Cl4NO4/c1-26-17(24)13(8-23)16(11-4-2-9(19)6-14(11)21)27-18(25)12-5-3-10(20)7-15(12)22/h2-7H,1H3. The fourth-order valence-corrected chi connectivity index (χ4v) is 2.99. The number of hydrogen-bond donors (Lipinski definition) is 0. The first-order valence-electron chi connectivity index (χ1n) is 7.13. The van der Waals surface area contributed by atoms with Crippen LogP contribution in [0, 0.1) is 11.3 Å². The molecule has 0 aliphatic rings. The second-order valence-corrected chi connectivity index (χ2v) is 6.63. The average molecular weight is 445 g/mol. The third-order valence-corrected chi connectivity index (χ3v) is 4.35. The molecule has 2 rings (SSSR count). The maximum Gasteiger partial charge on any atom is 0.352 e. The van der Waals surface area contributed by atoms with Gasteiger partial charge in [-0.15, -0.1) is 0 Å². The predicted molar refractivity (Wildman–Crippen MR) is 103 cm³/mol. The molecule has 0 spiro atoms. The molecule has 0 aromatic heterocycles. The molecule has 0 saturated carbocycles. The van der Waals surface area contributed by atoms with Crippen LogP contribution >= 0.6 is 46.4 Å². The molecule has 0 atom stereocenters. The van der Waals surface area contributed by atoms with Crippen LogP contribution in [0.25, 0.3) is 5.76 Å². The molecule has 0 N–H and O–H groups in total. The van der Waals surface area contributed by atoms with Gasteiger partial charge in [0, 0.05) is 15.6 Å². The molecule has 0 amide bonds. The van der Waals surface area contributed by atoms with Crippen molar-refractivity contribution in [3.8, 4) is 6.07 Å². The summed E-state index contributed by atoms with van der Waals surface area (Å²) in [5.74, 6) is -2.31. The molecule has 27 heavy (non-hydrogen) atoms. The average Bonchev–Trinajstić information content (AvgIpc) is 2.61. The summed E-state index contributed by atoms with van der Waals surface area (Å²) in [6.07, 6.45) is 0. The van der Waals surface area contributed by atoms with Crippen LogP contribution in [0.4, 0.5) is 0 Å². The van der Waals surface area contributed by atoms with Gasteiger partial charge < -0.3 is 9.47 Å². The Bertz CT molecular complexity index is 995. The van der Waals surface area contributed by atoms with Crippen molar-refractivity contribution in [2.45, 2.75) is 0 Å². The Hall–Kier alpha value is -2.23. The van der Waals surface area contributed by atoms with E-state index in [2.05, 4.69) is 4.74 Å². The van der Waals surface area contributed by atoms with Gasteiger partial charge in [-0.25, -0.2) is 9.59 Å². The second-order valence-electron chi connectivity index (χ2n) is 4.95. The Morgan fingerprint density at radius 3 is 1.89 bits per heavy atom. The number of rotatable bonds is 4. The lowest BCUT2D eigenvalue weighted by molar-refractivity contribution is -0.135. The maximum absolute atomic E-state index is 12.6. The van der Waals surface area contributed by atoms with E-state index in [1.165, 1.54) is 36.4 Å². The van der Waals surface area contributed by atoms with Crippen molar-refractivity contribution in [2.24, 2.45) is 0 Å². The highest BCUT2D eigenvalue weighted by atomic mass is 35.5. The topological polar surface area (TPSA) is 76.4 Å². The number of carbonyl (C=O) groups is 2. The lowest BCUT2D eigenvalue weighted by atomic mass is 10.1. The summed E-state index contributed by atoms with van der Waals surface area (Å²) < 4.78 is 9.88. The van der Waals surface area contributed by atoms with Crippen molar-refractivity contribution in [1.82, 2.24) is 0 Å². The van der Waals surface area contributed by atoms with E-state index in [0.29, 0.717) is 10.0 Å². The first kappa shape index (κ1) is 21.1. The number of carbonyl (C=O) groups excluding carboxylic acids is 2. The molecule has 2 aromatic carbocycles. The highest BCUT2D eigenvalue weighted by molar-refractivity contribution is 6.37. The van der Waals surface area contributed by atoms with E-state index in [0.717, 1.165) is 7.11 Å². The molecule has 5 nitrogen and oxygen atoms in total.